The van der Waals surface area contributed by atoms with Crippen LogP contribution in [0.4, 0.5) is 5.69 Å². The summed E-state index contributed by atoms with van der Waals surface area (Å²) in [6.45, 7) is 7.68. The second kappa shape index (κ2) is 9.07. The summed E-state index contributed by atoms with van der Waals surface area (Å²) in [4.78, 5) is 17.7. The molecule has 1 unspecified atom stereocenters. The lowest BCUT2D eigenvalue weighted by molar-refractivity contribution is -0.120. The number of benzene rings is 1. The van der Waals surface area contributed by atoms with E-state index in [0.29, 0.717) is 17.3 Å². The predicted octanol–water partition coefficient (Wildman–Crippen LogP) is 5.61. The summed E-state index contributed by atoms with van der Waals surface area (Å²) >= 11 is 1.53. The Bertz CT molecular complexity index is 1100. The van der Waals surface area contributed by atoms with Gasteiger partial charge in [0.05, 0.1) is 18.7 Å². The van der Waals surface area contributed by atoms with Gasteiger partial charge in [0, 0.05) is 28.9 Å². The van der Waals surface area contributed by atoms with E-state index < -0.39 is 0 Å². The van der Waals surface area contributed by atoms with Gasteiger partial charge in [0.1, 0.15) is 10.9 Å². The van der Waals surface area contributed by atoms with Crippen LogP contribution >= 0.6 is 11.3 Å². The van der Waals surface area contributed by atoms with Crippen molar-refractivity contribution >= 4 is 22.9 Å². The number of anilines is 1. The number of amides is 1. The van der Waals surface area contributed by atoms with Crippen molar-refractivity contribution in [3.05, 3.63) is 69.2 Å². The Hall–Kier alpha value is -2.91. The van der Waals surface area contributed by atoms with Crippen LogP contribution in [-0.2, 0) is 24.3 Å². The summed E-state index contributed by atoms with van der Waals surface area (Å²) < 4.78 is 1.89. The van der Waals surface area contributed by atoms with Crippen molar-refractivity contribution < 1.29 is 4.79 Å². The van der Waals surface area contributed by atoms with Gasteiger partial charge in [-0.1, -0.05) is 26.0 Å². The van der Waals surface area contributed by atoms with Crippen molar-refractivity contribution in [3.8, 4) is 6.07 Å². The van der Waals surface area contributed by atoms with E-state index in [1.165, 1.54) is 21.8 Å². The fourth-order valence-electron chi connectivity index (χ4n) is 4.23. The van der Waals surface area contributed by atoms with Crippen LogP contribution in [0.1, 0.15) is 71.9 Å². The lowest BCUT2D eigenvalue weighted by Gasteiger charge is -2.30. The lowest BCUT2D eigenvalue weighted by Crippen LogP contribution is -2.35. The molecule has 4 rings (SSSR count). The summed E-state index contributed by atoms with van der Waals surface area (Å²) in [6, 6.07) is 12.5. The first kappa shape index (κ1) is 21.3. The molecule has 3 aromatic rings. The second-order valence-corrected chi connectivity index (χ2v) is 9.56. The minimum absolute atomic E-state index is 0.102. The van der Waals surface area contributed by atoms with E-state index in [2.05, 4.69) is 56.2 Å². The van der Waals surface area contributed by atoms with Crippen LogP contribution in [-0.4, -0.2) is 15.7 Å². The average molecular weight is 433 g/mol. The zero-order chi connectivity index (χ0) is 22.0. The van der Waals surface area contributed by atoms with E-state index >= 15 is 0 Å². The van der Waals surface area contributed by atoms with Crippen molar-refractivity contribution in [1.82, 2.24) is 9.78 Å². The molecule has 0 spiro atoms. The third-order valence-electron chi connectivity index (χ3n) is 6.01. The topological polar surface area (TPSA) is 61.9 Å². The standard InChI is InChI=1S/C25H28N4OS/c1-4-28-15-18(14-27-28)16-29(20-10-8-19(9-11-20)17(2)3)25(30)22-6-5-7-24-23(22)12-21(13-26)31-24/h8-12,14-15,17,22H,4-7,16H2,1-3H3. The Balaban J connectivity index is 1.69. The predicted molar refractivity (Wildman–Crippen MR) is 124 cm³/mol. The Labute approximate surface area is 187 Å². The first-order chi connectivity index (χ1) is 15.0. The highest BCUT2D eigenvalue weighted by Gasteiger charge is 2.32. The van der Waals surface area contributed by atoms with E-state index in [9.17, 15) is 10.1 Å². The molecule has 0 saturated heterocycles. The van der Waals surface area contributed by atoms with Crippen LogP contribution in [0.5, 0.6) is 0 Å². The summed E-state index contributed by atoms with van der Waals surface area (Å²) in [5.41, 5.74) is 4.22. The van der Waals surface area contributed by atoms with Crippen molar-refractivity contribution in [2.75, 3.05) is 4.90 Å². The molecule has 1 amide bonds. The molecule has 6 heteroatoms. The minimum Gasteiger partial charge on any atom is -0.307 e. The Kier molecular flexibility index (Phi) is 6.24. The number of rotatable bonds is 6. The third kappa shape index (κ3) is 4.42. The van der Waals surface area contributed by atoms with Crippen molar-refractivity contribution in [3.63, 3.8) is 0 Å². The number of carbonyl (C=O) groups excluding carboxylic acids is 1. The van der Waals surface area contributed by atoms with Gasteiger partial charge in [-0.2, -0.15) is 10.4 Å². The van der Waals surface area contributed by atoms with Gasteiger partial charge in [0.2, 0.25) is 5.91 Å². The van der Waals surface area contributed by atoms with E-state index in [-0.39, 0.29) is 11.8 Å². The molecule has 1 aliphatic carbocycles. The molecule has 0 N–H and O–H groups in total. The zero-order valence-electron chi connectivity index (χ0n) is 18.3. The SMILES string of the molecule is CCn1cc(CN(C(=O)C2CCCc3sc(C#N)cc32)c2ccc(C(C)C)cc2)cn1. The van der Waals surface area contributed by atoms with Crippen LogP contribution in [0.2, 0.25) is 0 Å². The molecule has 1 aromatic carbocycles. The molecule has 5 nitrogen and oxygen atoms in total. The number of nitrogens with zero attached hydrogens (tertiary/aromatic N) is 4. The maximum atomic E-state index is 13.9. The van der Waals surface area contributed by atoms with E-state index in [4.69, 9.17) is 0 Å². The van der Waals surface area contributed by atoms with Crippen molar-refractivity contribution in [1.29, 1.82) is 5.26 Å². The molecule has 0 bridgehead atoms. The van der Waals surface area contributed by atoms with Crippen molar-refractivity contribution in [2.45, 2.75) is 65.0 Å². The number of aromatic nitrogens is 2. The molecular weight excluding hydrogens is 404 g/mol. The Morgan fingerprint density at radius 1 is 1.35 bits per heavy atom. The molecular formula is C25H28N4OS. The molecule has 160 valence electrons. The fourth-order valence-corrected chi connectivity index (χ4v) is 5.30. The number of carbonyl (C=O) groups is 1. The van der Waals surface area contributed by atoms with Crippen LogP contribution in [0.15, 0.2) is 42.7 Å². The molecule has 2 aromatic heterocycles. The molecule has 0 radical (unpaired) electrons. The minimum atomic E-state index is -0.201. The van der Waals surface area contributed by atoms with Crippen LogP contribution < -0.4 is 4.90 Å². The van der Waals surface area contributed by atoms with E-state index in [0.717, 1.165) is 42.6 Å². The molecule has 0 aliphatic heterocycles. The molecule has 0 fully saturated rings. The molecule has 1 aliphatic rings. The van der Waals surface area contributed by atoms with Crippen LogP contribution in [0.25, 0.3) is 0 Å². The molecule has 2 heterocycles. The number of fused-ring (bicyclic) bond motifs is 1. The summed E-state index contributed by atoms with van der Waals surface area (Å²) in [6.07, 6.45) is 6.60. The van der Waals surface area contributed by atoms with Gasteiger partial charge >= 0.3 is 0 Å². The van der Waals surface area contributed by atoms with Gasteiger partial charge in [0.15, 0.2) is 0 Å². The van der Waals surface area contributed by atoms with Crippen LogP contribution in [0, 0.1) is 11.3 Å². The van der Waals surface area contributed by atoms with Crippen LogP contribution in [0.3, 0.4) is 0 Å². The number of hydrogen-bond acceptors (Lipinski definition) is 4. The first-order valence-electron chi connectivity index (χ1n) is 11.0. The van der Waals surface area contributed by atoms with Gasteiger partial charge in [-0.3, -0.25) is 9.48 Å². The number of nitriles is 1. The second-order valence-electron chi connectivity index (χ2n) is 8.42. The quantitative estimate of drug-likeness (QED) is 0.508. The number of hydrogen-bond donors (Lipinski definition) is 0. The smallest absolute Gasteiger partial charge is 0.234 e. The molecule has 31 heavy (non-hydrogen) atoms. The average Bonchev–Trinajstić information content (AvgIpc) is 3.43. The summed E-state index contributed by atoms with van der Waals surface area (Å²) in [5, 5.41) is 13.7. The highest BCUT2D eigenvalue weighted by molar-refractivity contribution is 7.12. The molecule has 1 atom stereocenters. The van der Waals surface area contributed by atoms with E-state index in [1.54, 1.807) is 0 Å². The first-order valence-corrected chi connectivity index (χ1v) is 11.8. The van der Waals surface area contributed by atoms with Gasteiger partial charge in [-0.05, 0) is 61.4 Å². The maximum absolute atomic E-state index is 13.9. The summed E-state index contributed by atoms with van der Waals surface area (Å²) in [5.74, 6) is 0.343. The molecule has 0 saturated carbocycles. The van der Waals surface area contributed by atoms with Gasteiger partial charge < -0.3 is 4.90 Å². The number of aryl methyl sites for hydroxylation is 2. The summed E-state index contributed by atoms with van der Waals surface area (Å²) in [7, 11) is 0. The maximum Gasteiger partial charge on any atom is 0.234 e. The van der Waals surface area contributed by atoms with Crippen molar-refractivity contribution in [2.24, 2.45) is 0 Å². The Morgan fingerprint density at radius 2 is 2.13 bits per heavy atom. The monoisotopic (exact) mass is 432 g/mol. The highest BCUT2D eigenvalue weighted by Crippen LogP contribution is 2.39. The number of thiophene rings is 1. The van der Waals surface area contributed by atoms with E-state index in [1.807, 2.05) is 28.0 Å². The zero-order valence-corrected chi connectivity index (χ0v) is 19.2. The van der Waals surface area contributed by atoms with Gasteiger partial charge in [-0.25, -0.2) is 0 Å². The van der Waals surface area contributed by atoms with Gasteiger partial charge in [0.25, 0.3) is 0 Å². The normalized spacial score (nSPS) is 15.5. The highest BCUT2D eigenvalue weighted by atomic mass is 32.1. The largest absolute Gasteiger partial charge is 0.307 e. The van der Waals surface area contributed by atoms with Gasteiger partial charge in [-0.15, -0.1) is 11.3 Å². The Morgan fingerprint density at radius 3 is 2.77 bits per heavy atom. The fraction of sp³-hybridized carbons (Fsp3) is 0.400. The lowest BCUT2D eigenvalue weighted by atomic mass is 9.86. The third-order valence-corrected chi connectivity index (χ3v) is 7.13.